The first-order valence-corrected chi connectivity index (χ1v) is 26.1. The Morgan fingerprint density at radius 2 is 0.753 bits per heavy atom. The van der Waals surface area contributed by atoms with Crippen LogP contribution in [0.3, 0.4) is 0 Å². The average molecular weight is 1020 g/mol. The van der Waals surface area contributed by atoms with Gasteiger partial charge in [0.25, 0.3) is 0 Å². The van der Waals surface area contributed by atoms with Crippen LogP contribution in [0.15, 0.2) is 72.9 Å². The van der Waals surface area contributed by atoms with Gasteiger partial charge in [-0.3, -0.25) is 47.9 Å². The van der Waals surface area contributed by atoms with E-state index in [0.29, 0.717) is 51.4 Å². The van der Waals surface area contributed by atoms with Crippen LogP contribution in [0.1, 0.15) is 155 Å². The maximum absolute atomic E-state index is 13.0. The molecule has 4 saturated heterocycles. The average Bonchev–Trinajstić information content (AvgIpc) is 4.08. The minimum absolute atomic E-state index is 0.0459. The molecule has 17 heteroatoms. The van der Waals surface area contributed by atoms with E-state index in [4.69, 9.17) is 33.9 Å². The van der Waals surface area contributed by atoms with Gasteiger partial charge < -0.3 is 33.9 Å². The Balaban J connectivity index is 1.67. The number of cyclic esters (lactones) is 8. The van der Waals surface area contributed by atoms with Gasteiger partial charge in [-0.1, -0.05) is 112 Å². The van der Waals surface area contributed by atoms with Crippen molar-refractivity contribution >= 4 is 59.7 Å². The Morgan fingerprint density at radius 3 is 1.05 bits per heavy atom. The van der Waals surface area contributed by atoms with Gasteiger partial charge >= 0.3 is 59.7 Å². The van der Waals surface area contributed by atoms with Gasteiger partial charge in [0.05, 0.1) is 61.6 Å². The van der Waals surface area contributed by atoms with E-state index in [1.54, 1.807) is 24.3 Å². The lowest BCUT2D eigenvalue weighted by atomic mass is 9.84. The smallest absolute Gasteiger partial charge is 0.317 e. The molecule has 0 radical (unpaired) electrons. The maximum atomic E-state index is 13.0. The van der Waals surface area contributed by atoms with Gasteiger partial charge in [0.1, 0.15) is 0 Å². The molecule has 0 aromatic heterocycles. The highest BCUT2D eigenvalue weighted by molar-refractivity contribution is 5.96. The van der Waals surface area contributed by atoms with Crippen LogP contribution in [-0.2, 0) is 71.6 Å². The van der Waals surface area contributed by atoms with E-state index < -0.39 is 107 Å². The second-order valence-corrected chi connectivity index (χ2v) is 19.4. The van der Waals surface area contributed by atoms with Crippen molar-refractivity contribution in [2.45, 2.75) is 167 Å². The Bertz CT molecular complexity index is 1960. The number of rotatable bonds is 36. The monoisotopic (exact) mass is 1020 g/mol. The number of carboxylic acid groups (broad SMARTS) is 2. The summed E-state index contributed by atoms with van der Waals surface area (Å²) in [5.74, 6) is -11.2. The molecule has 0 amide bonds. The molecule has 10 atom stereocenters. The maximum Gasteiger partial charge on any atom is 0.317 e. The molecule has 0 bridgehead atoms. The van der Waals surface area contributed by atoms with Gasteiger partial charge in [-0.05, 0) is 101 Å². The lowest BCUT2D eigenvalue weighted by Crippen LogP contribution is -2.26. The summed E-state index contributed by atoms with van der Waals surface area (Å²) in [5, 5.41) is 18.3. The van der Waals surface area contributed by atoms with Gasteiger partial charge in [-0.15, -0.1) is 0 Å². The summed E-state index contributed by atoms with van der Waals surface area (Å²) >= 11 is 0. The third-order valence-corrected chi connectivity index (χ3v) is 13.7. The molecule has 10 unspecified atom stereocenters. The number of carbonyl (C=O) groups is 10. The summed E-state index contributed by atoms with van der Waals surface area (Å²) in [6.07, 6.45) is 30.0. The molecular formula is C56H74O17. The van der Waals surface area contributed by atoms with Crippen LogP contribution < -0.4 is 0 Å². The fourth-order valence-electron chi connectivity index (χ4n) is 9.55. The number of aliphatic carboxylic acids is 2. The first kappa shape index (κ1) is 59.5. The molecule has 400 valence electrons. The van der Waals surface area contributed by atoms with Crippen molar-refractivity contribution in [2.24, 2.45) is 47.3 Å². The molecule has 0 aromatic rings. The fraction of sp³-hybridized carbons (Fsp3) is 0.607. The van der Waals surface area contributed by atoms with E-state index in [2.05, 4.69) is 13.8 Å². The molecule has 4 heterocycles. The van der Waals surface area contributed by atoms with Crippen LogP contribution in [0, 0.1) is 47.3 Å². The van der Waals surface area contributed by atoms with Crippen LogP contribution >= 0.6 is 0 Å². The first-order valence-electron chi connectivity index (χ1n) is 26.1. The SMILES string of the molecule is CCCC/C=C/C(CCC(C/C=C\CC(/C=C/CCC(=O)O)C1CC(=O)OC1=O)OC(C/C=C\CC(/C=C/CCC(=O)O)C1CC(=O)OC1=O)CCC(/C=C/CCCC)C1CC(=O)OC1=O)C1CC(=O)OC1=O. The molecule has 4 rings (SSSR count). The van der Waals surface area contributed by atoms with Crippen LogP contribution in [0.4, 0.5) is 0 Å². The second kappa shape index (κ2) is 32.2. The Hall–Kier alpha value is -6.10. The van der Waals surface area contributed by atoms with Gasteiger partial charge in [0.15, 0.2) is 0 Å². The number of carboxylic acids is 2. The van der Waals surface area contributed by atoms with Crippen molar-refractivity contribution in [3.05, 3.63) is 72.9 Å². The number of ether oxygens (including phenoxy) is 5. The minimum atomic E-state index is -0.971. The fourth-order valence-corrected chi connectivity index (χ4v) is 9.55. The highest BCUT2D eigenvalue weighted by Crippen LogP contribution is 2.35. The number of hydrogen-bond donors (Lipinski definition) is 2. The summed E-state index contributed by atoms with van der Waals surface area (Å²) in [6, 6.07) is 0. The molecule has 0 spiro atoms. The first-order chi connectivity index (χ1) is 35.1. The number of hydrogen-bond acceptors (Lipinski definition) is 15. The minimum Gasteiger partial charge on any atom is -0.481 e. The van der Waals surface area contributed by atoms with Crippen molar-refractivity contribution < 1.29 is 81.8 Å². The Morgan fingerprint density at radius 1 is 0.452 bits per heavy atom. The van der Waals surface area contributed by atoms with E-state index in [-0.39, 0.29) is 63.2 Å². The molecule has 4 aliphatic rings. The van der Waals surface area contributed by atoms with Crippen LogP contribution in [0.5, 0.6) is 0 Å². The lowest BCUT2D eigenvalue weighted by molar-refractivity contribution is -0.155. The van der Waals surface area contributed by atoms with Crippen molar-refractivity contribution in [1.82, 2.24) is 0 Å². The van der Waals surface area contributed by atoms with E-state index in [1.807, 2.05) is 48.6 Å². The molecule has 73 heavy (non-hydrogen) atoms. The third kappa shape index (κ3) is 21.5. The topological polar surface area (TPSA) is 257 Å². The van der Waals surface area contributed by atoms with E-state index in [9.17, 15) is 47.9 Å². The Labute approximate surface area is 427 Å². The zero-order valence-corrected chi connectivity index (χ0v) is 42.3. The van der Waals surface area contributed by atoms with E-state index in [0.717, 1.165) is 38.5 Å². The van der Waals surface area contributed by atoms with Crippen molar-refractivity contribution in [1.29, 1.82) is 0 Å². The summed E-state index contributed by atoms with van der Waals surface area (Å²) < 4.78 is 26.7. The van der Waals surface area contributed by atoms with Gasteiger partial charge in [-0.2, -0.15) is 0 Å². The summed E-state index contributed by atoms with van der Waals surface area (Å²) in [5.41, 5.74) is 0. The summed E-state index contributed by atoms with van der Waals surface area (Å²) in [7, 11) is 0. The number of allylic oxidation sites excluding steroid dienone is 10. The number of carbonyl (C=O) groups excluding carboxylic acids is 8. The molecule has 0 saturated carbocycles. The molecule has 17 nitrogen and oxygen atoms in total. The lowest BCUT2D eigenvalue weighted by Gasteiger charge is -2.27. The predicted octanol–water partition coefficient (Wildman–Crippen LogP) is 9.13. The van der Waals surface area contributed by atoms with Crippen molar-refractivity contribution in [2.75, 3.05) is 0 Å². The highest BCUT2D eigenvalue weighted by atomic mass is 16.6. The zero-order chi connectivity index (χ0) is 53.1. The van der Waals surface area contributed by atoms with Crippen LogP contribution in [0.2, 0.25) is 0 Å². The largest absolute Gasteiger partial charge is 0.481 e. The van der Waals surface area contributed by atoms with Gasteiger partial charge in [-0.25, -0.2) is 0 Å². The predicted molar refractivity (Wildman–Crippen MR) is 264 cm³/mol. The molecule has 4 fully saturated rings. The summed E-state index contributed by atoms with van der Waals surface area (Å²) in [4.78, 5) is 123. The normalized spacial score (nSPS) is 23.2. The van der Waals surface area contributed by atoms with Crippen LogP contribution in [-0.4, -0.2) is 82.1 Å². The van der Waals surface area contributed by atoms with E-state index >= 15 is 0 Å². The number of esters is 8. The number of unbranched alkanes of at least 4 members (excludes halogenated alkanes) is 4. The quantitative estimate of drug-likeness (QED) is 0.0195. The standard InChI is InChI=1S/C56H74O17/c1-3-5-7-9-19-39(45-35-51(63)72-55(45)67)29-31-41(25-15-11-21-37(23-13-17-27-47(57)58)43-33-49(61)70-53(43)65)69-42(32-30-40(20-10-8-6-4-2)46-36-52(64)73-56(46)68)26-16-12-22-38(24-14-18-28-48(59)60)44-34-50(62)71-54(44)66/h9-16,19-20,23-24,37-46H,3-8,17-18,21-22,25-36H2,1-2H3,(H,57,58)(H,59,60)/b15-11-,16-12-,19-9+,20-10+,23-13+,24-14+. The third-order valence-electron chi connectivity index (χ3n) is 13.7. The molecule has 0 aliphatic carbocycles. The highest BCUT2D eigenvalue weighted by Gasteiger charge is 2.41. The van der Waals surface area contributed by atoms with E-state index in [1.165, 1.54) is 0 Å². The van der Waals surface area contributed by atoms with Crippen LogP contribution in [0.25, 0.3) is 0 Å². The van der Waals surface area contributed by atoms with Gasteiger partial charge in [0.2, 0.25) is 0 Å². The molecule has 2 N–H and O–H groups in total. The van der Waals surface area contributed by atoms with Crippen molar-refractivity contribution in [3.63, 3.8) is 0 Å². The summed E-state index contributed by atoms with van der Waals surface area (Å²) in [6.45, 7) is 4.16. The molecule has 0 aromatic carbocycles. The zero-order valence-electron chi connectivity index (χ0n) is 42.3. The second-order valence-electron chi connectivity index (χ2n) is 19.4. The van der Waals surface area contributed by atoms with Gasteiger partial charge in [0, 0.05) is 12.8 Å². The Kier molecular flexibility index (Phi) is 26.2. The molecular weight excluding hydrogens is 945 g/mol. The molecule has 4 aliphatic heterocycles. The van der Waals surface area contributed by atoms with Crippen molar-refractivity contribution in [3.8, 4) is 0 Å².